The van der Waals surface area contributed by atoms with Crippen molar-refractivity contribution in [3.63, 3.8) is 0 Å². The number of hydrogen-bond donors (Lipinski definition) is 2. The van der Waals surface area contributed by atoms with Crippen LogP contribution in [0.2, 0.25) is 0 Å². The fourth-order valence-corrected chi connectivity index (χ4v) is 3.37. The lowest BCUT2D eigenvalue weighted by Crippen LogP contribution is -2.49. The monoisotopic (exact) mass is 365 g/mol. The summed E-state index contributed by atoms with van der Waals surface area (Å²) in [7, 11) is -3.80. The molecule has 0 radical (unpaired) electrons. The second-order valence-electron chi connectivity index (χ2n) is 6.12. The number of hydroxylamine groups is 1. The van der Waals surface area contributed by atoms with Crippen molar-refractivity contribution in [3.05, 3.63) is 59.9 Å². The van der Waals surface area contributed by atoms with E-state index in [1.54, 1.807) is 12.1 Å². The van der Waals surface area contributed by atoms with Crippen LogP contribution >= 0.6 is 0 Å². The minimum absolute atomic E-state index is 0.0396. The Balaban J connectivity index is 2.25. The van der Waals surface area contributed by atoms with Crippen molar-refractivity contribution in [3.8, 4) is 11.1 Å². The van der Waals surface area contributed by atoms with Crippen LogP contribution in [-0.2, 0) is 21.1 Å². The number of nitrogens with one attached hydrogen (secondary N) is 1. The number of aryl methyl sites for hydroxylation is 1. The number of halogens is 1. The van der Waals surface area contributed by atoms with Crippen molar-refractivity contribution in [2.24, 2.45) is 0 Å². The standard InChI is InChI=1S/C18H20FNO4S/c1-18(17(21)20-22,25(2,23)24)11-10-14-8-9-15(12-16(14)19)13-6-4-3-5-7-13/h3-9,12,22H,10-11H2,1-2H3,(H,20,21). The molecule has 134 valence electrons. The van der Waals surface area contributed by atoms with Crippen LogP contribution in [0.25, 0.3) is 11.1 Å². The molecule has 0 saturated heterocycles. The summed E-state index contributed by atoms with van der Waals surface area (Å²) in [6.07, 6.45) is 0.800. The van der Waals surface area contributed by atoms with Crippen LogP contribution in [0.15, 0.2) is 48.5 Å². The van der Waals surface area contributed by atoms with E-state index < -0.39 is 26.3 Å². The molecule has 2 aromatic rings. The molecule has 1 atom stereocenters. The second kappa shape index (κ2) is 7.33. The Bertz CT molecular complexity index is 868. The highest BCUT2D eigenvalue weighted by molar-refractivity contribution is 7.92. The normalized spacial score (nSPS) is 13.9. The summed E-state index contributed by atoms with van der Waals surface area (Å²) in [5, 5.41) is 8.81. The maximum Gasteiger partial charge on any atom is 0.264 e. The quantitative estimate of drug-likeness (QED) is 0.609. The number of amides is 1. The molecule has 0 fully saturated rings. The number of hydrogen-bond acceptors (Lipinski definition) is 4. The predicted molar refractivity (Wildman–Crippen MR) is 93.3 cm³/mol. The Morgan fingerprint density at radius 2 is 1.80 bits per heavy atom. The van der Waals surface area contributed by atoms with Gasteiger partial charge in [0, 0.05) is 6.26 Å². The van der Waals surface area contributed by atoms with Crippen LogP contribution in [0.3, 0.4) is 0 Å². The minimum atomic E-state index is -3.80. The van der Waals surface area contributed by atoms with Crippen molar-refractivity contribution in [1.29, 1.82) is 0 Å². The van der Waals surface area contributed by atoms with Crippen molar-refractivity contribution in [1.82, 2.24) is 5.48 Å². The summed E-state index contributed by atoms with van der Waals surface area (Å²) in [5.74, 6) is -1.50. The van der Waals surface area contributed by atoms with Crippen molar-refractivity contribution < 1.29 is 22.8 Å². The van der Waals surface area contributed by atoms with E-state index in [4.69, 9.17) is 5.21 Å². The van der Waals surface area contributed by atoms with Gasteiger partial charge in [0.05, 0.1) is 0 Å². The molecule has 0 aliphatic rings. The molecule has 0 aliphatic heterocycles. The molecule has 2 aromatic carbocycles. The third kappa shape index (κ3) is 4.05. The maximum atomic E-state index is 14.4. The van der Waals surface area contributed by atoms with Gasteiger partial charge in [0.25, 0.3) is 5.91 Å². The van der Waals surface area contributed by atoms with Crippen LogP contribution in [0.5, 0.6) is 0 Å². The molecule has 7 heteroatoms. The van der Waals surface area contributed by atoms with Crippen molar-refractivity contribution >= 4 is 15.7 Å². The van der Waals surface area contributed by atoms with E-state index in [2.05, 4.69) is 0 Å². The summed E-state index contributed by atoms with van der Waals surface area (Å²) in [4.78, 5) is 11.8. The molecule has 0 aliphatic carbocycles. The average molecular weight is 365 g/mol. The Hall–Kier alpha value is -2.25. The molecule has 1 amide bonds. The third-order valence-corrected chi connectivity index (χ3v) is 6.46. The highest BCUT2D eigenvalue weighted by Crippen LogP contribution is 2.26. The number of carbonyl (C=O) groups excluding carboxylic acids is 1. The number of rotatable bonds is 6. The fraction of sp³-hybridized carbons (Fsp3) is 0.278. The van der Waals surface area contributed by atoms with Gasteiger partial charge < -0.3 is 0 Å². The fourth-order valence-electron chi connectivity index (χ4n) is 2.52. The molecule has 2 rings (SSSR count). The average Bonchev–Trinajstić information content (AvgIpc) is 2.59. The minimum Gasteiger partial charge on any atom is -0.289 e. The van der Waals surface area contributed by atoms with Gasteiger partial charge in [0.15, 0.2) is 9.84 Å². The van der Waals surface area contributed by atoms with Crippen molar-refractivity contribution in [2.75, 3.05) is 6.26 Å². The van der Waals surface area contributed by atoms with E-state index in [1.807, 2.05) is 30.3 Å². The number of benzene rings is 2. The topological polar surface area (TPSA) is 83.5 Å². The summed E-state index contributed by atoms with van der Waals surface area (Å²) >= 11 is 0. The van der Waals surface area contributed by atoms with E-state index in [0.29, 0.717) is 11.1 Å². The van der Waals surface area contributed by atoms with Gasteiger partial charge in [-0.3, -0.25) is 10.0 Å². The van der Waals surface area contributed by atoms with Gasteiger partial charge in [-0.25, -0.2) is 18.3 Å². The molecule has 1 unspecified atom stereocenters. The molecule has 5 nitrogen and oxygen atoms in total. The zero-order chi connectivity index (χ0) is 18.7. The molecule has 0 saturated carbocycles. The van der Waals surface area contributed by atoms with Gasteiger partial charge in [0.1, 0.15) is 10.6 Å². The van der Waals surface area contributed by atoms with E-state index >= 15 is 0 Å². The van der Waals surface area contributed by atoms with Crippen LogP contribution in [0.1, 0.15) is 18.9 Å². The van der Waals surface area contributed by atoms with Gasteiger partial charge in [-0.2, -0.15) is 0 Å². The van der Waals surface area contributed by atoms with E-state index in [9.17, 15) is 17.6 Å². The molecular formula is C18H20FNO4S. The first-order valence-electron chi connectivity index (χ1n) is 7.67. The van der Waals surface area contributed by atoms with Crippen LogP contribution in [0.4, 0.5) is 4.39 Å². The predicted octanol–water partition coefficient (Wildman–Crippen LogP) is 2.73. The molecular weight excluding hydrogens is 345 g/mol. The zero-order valence-corrected chi connectivity index (χ0v) is 14.8. The van der Waals surface area contributed by atoms with Crippen LogP contribution in [-0.4, -0.2) is 30.5 Å². The Morgan fingerprint density at radius 1 is 1.16 bits per heavy atom. The SMILES string of the molecule is CC(CCc1ccc(-c2ccccc2)cc1F)(C(=O)NO)S(C)(=O)=O. The third-order valence-electron chi connectivity index (χ3n) is 4.43. The number of carbonyl (C=O) groups is 1. The largest absolute Gasteiger partial charge is 0.289 e. The summed E-state index contributed by atoms with van der Waals surface area (Å²) in [6.45, 7) is 1.21. The molecule has 2 N–H and O–H groups in total. The first-order valence-corrected chi connectivity index (χ1v) is 9.56. The Labute approximate surface area is 146 Å². The smallest absolute Gasteiger partial charge is 0.264 e. The second-order valence-corrected chi connectivity index (χ2v) is 8.56. The molecule has 0 heterocycles. The van der Waals surface area contributed by atoms with Gasteiger partial charge in [0.2, 0.25) is 0 Å². The first kappa shape index (κ1) is 19.1. The van der Waals surface area contributed by atoms with Crippen LogP contribution < -0.4 is 5.48 Å². The Morgan fingerprint density at radius 3 is 2.32 bits per heavy atom. The van der Waals surface area contributed by atoms with E-state index in [1.165, 1.54) is 18.5 Å². The summed E-state index contributed by atoms with van der Waals surface area (Å²) < 4.78 is 36.4. The maximum absolute atomic E-state index is 14.4. The number of sulfone groups is 1. The van der Waals surface area contributed by atoms with E-state index in [0.717, 1.165) is 11.8 Å². The lowest BCUT2D eigenvalue weighted by molar-refractivity contribution is -0.131. The highest BCUT2D eigenvalue weighted by Gasteiger charge is 2.43. The Kier molecular flexibility index (Phi) is 5.59. The highest BCUT2D eigenvalue weighted by atomic mass is 32.2. The lowest BCUT2D eigenvalue weighted by Gasteiger charge is -2.25. The molecule has 0 aromatic heterocycles. The lowest BCUT2D eigenvalue weighted by atomic mass is 9.97. The van der Waals surface area contributed by atoms with Gasteiger partial charge in [-0.1, -0.05) is 42.5 Å². The van der Waals surface area contributed by atoms with Gasteiger partial charge in [-0.15, -0.1) is 0 Å². The molecule has 0 bridgehead atoms. The van der Waals surface area contributed by atoms with Gasteiger partial charge >= 0.3 is 0 Å². The van der Waals surface area contributed by atoms with Crippen molar-refractivity contribution in [2.45, 2.75) is 24.5 Å². The molecule has 25 heavy (non-hydrogen) atoms. The van der Waals surface area contributed by atoms with Crippen LogP contribution in [0, 0.1) is 5.82 Å². The zero-order valence-electron chi connectivity index (χ0n) is 14.0. The summed E-state index contributed by atoms with van der Waals surface area (Å²) in [6, 6.07) is 14.0. The van der Waals surface area contributed by atoms with E-state index in [-0.39, 0.29) is 12.8 Å². The summed E-state index contributed by atoms with van der Waals surface area (Å²) in [5.41, 5.74) is 3.27. The molecule has 0 spiro atoms. The van der Waals surface area contributed by atoms with Gasteiger partial charge in [-0.05, 0) is 42.5 Å². The first-order chi connectivity index (χ1) is 11.7.